The molecule has 1 aromatic heterocycles. The van der Waals surface area contributed by atoms with Gasteiger partial charge in [0.15, 0.2) is 0 Å². The van der Waals surface area contributed by atoms with Crippen molar-refractivity contribution in [2.75, 3.05) is 25.6 Å². The van der Waals surface area contributed by atoms with Gasteiger partial charge in [0.1, 0.15) is 12.4 Å². The second kappa shape index (κ2) is 7.35. The second-order valence-electron chi connectivity index (χ2n) is 4.84. The van der Waals surface area contributed by atoms with Crippen LogP contribution < -0.4 is 10.1 Å². The molecule has 0 radical (unpaired) electrons. The summed E-state index contributed by atoms with van der Waals surface area (Å²) in [7, 11) is 1.46. The van der Waals surface area contributed by atoms with E-state index in [1.165, 1.54) is 13.2 Å². The van der Waals surface area contributed by atoms with Crippen LogP contribution in [0.25, 0.3) is 0 Å². The lowest BCUT2D eigenvalue weighted by Crippen LogP contribution is -2.15. The number of methoxy groups -OCH3 is 1. The SMILES string of the molecule is COCCOc1ccc(C(F)(F)F)cc1NC(=O)c1cc(C)no1. The molecule has 0 spiro atoms. The predicted molar refractivity (Wildman–Crippen MR) is 78.0 cm³/mol. The molecule has 0 fully saturated rings. The Morgan fingerprint density at radius 2 is 2.04 bits per heavy atom. The zero-order chi connectivity index (χ0) is 17.7. The Hall–Kier alpha value is -2.55. The molecule has 1 heterocycles. The maximum Gasteiger partial charge on any atom is 0.416 e. The van der Waals surface area contributed by atoms with Crippen LogP contribution in [0.2, 0.25) is 0 Å². The molecule has 1 amide bonds. The second-order valence-corrected chi connectivity index (χ2v) is 4.84. The van der Waals surface area contributed by atoms with Gasteiger partial charge in [-0.2, -0.15) is 13.2 Å². The number of halogens is 3. The number of aryl methyl sites for hydroxylation is 1. The van der Waals surface area contributed by atoms with Gasteiger partial charge in [-0.25, -0.2) is 0 Å². The van der Waals surface area contributed by atoms with Crippen molar-refractivity contribution in [1.82, 2.24) is 5.16 Å². The fourth-order valence-electron chi connectivity index (χ4n) is 1.82. The fraction of sp³-hybridized carbons (Fsp3) is 0.333. The number of benzene rings is 1. The molecular formula is C15H15F3N2O4. The van der Waals surface area contributed by atoms with Crippen molar-refractivity contribution < 1.29 is 32.0 Å². The number of rotatable bonds is 6. The van der Waals surface area contributed by atoms with Crippen LogP contribution >= 0.6 is 0 Å². The largest absolute Gasteiger partial charge is 0.489 e. The highest BCUT2D eigenvalue weighted by molar-refractivity contribution is 6.03. The van der Waals surface area contributed by atoms with Gasteiger partial charge in [-0.15, -0.1) is 0 Å². The highest BCUT2D eigenvalue weighted by Gasteiger charge is 2.31. The van der Waals surface area contributed by atoms with Crippen LogP contribution in [0.15, 0.2) is 28.8 Å². The first kappa shape index (κ1) is 17.8. The first-order chi connectivity index (χ1) is 11.3. The lowest BCUT2D eigenvalue weighted by atomic mass is 10.1. The molecule has 1 aromatic carbocycles. The summed E-state index contributed by atoms with van der Waals surface area (Å²) in [6.07, 6.45) is -4.55. The Labute approximate surface area is 135 Å². The highest BCUT2D eigenvalue weighted by Crippen LogP contribution is 2.35. The number of alkyl halides is 3. The van der Waals surface area contributed by atoms with E-state index in [9.17, 15) is 18.0 Å². The summed E-state index contributed by atoms with van der Waals surface area (Å²) in [6.45, 7) is 1.98. The van der Waals surface area contributed by atoms with E-state index < -0.39 is 17.6 Å². The Bertz CT molecular complexity index is 713. The number of hydrogen-bond donors (Lipinski definition) is 1. The number of nitrogens with one attached hydrogen (secondary N) is 1. The average molecular weight is 344 g/mol. The number of carbonyl (C=O) groups is 1. The Morgan fingerprint density at radius 1 is 1.29 bits per heavy atom. The number of carbonyl (C=O) groups excluding carboxylic acids is 1. The number of amides is 1. The summed E-state index contributed by atoms with van der Waals surface area (Å²) >= 11 is 0. The van der Waals surface area contributed by atoms with Crippen molar-refractivity contribution in [3.05, 3.63) is 41.3 Å². The number of hydrogen-bond acceptors (Lipinski definition) is 5. The minimum Gasteiger partial charge on any atom is -0.489 e. The van der Waals surface area contributed by atoms with Gasteiger partial charge in [-0.05, 0) is 25.1 Å². The van der Waals surface area contributed by atoms with E-state index in [1.54, 1.807) is 6.92 Å². The third-order valence-corrected chi connectivity index (χ3v) is 2.95. The molecule has 0 unspecified atom stereocenters. The van der Waals surface area contributed by atoms with E-state index in [1.807, 2.05) is 0 Å². The lowest BCUT2D eigenvalue weighted by Gasteiger charge is -2.14. The quantitative estimate of drug-likeness (QED) is 0.814. The monoisotopic (exact) mass is 344 g/mol. The molecule has 24 heavy (non-hydrogen) atoms. The van der Waals surface area contributed by atoms with Crippen molar-refractivity contribution >= 4 is 11.6 Å². The number of aromatic nitrogens is 1. The van der Waals surface area contributed by atoms with Crippen LogP contribution in [0.3, 0.4) is 0 Å². The van der Waals surface area contributed by atoms with Gasteiger partial charge in [0.25, 0.3) is 5.91 Å². The highest BCUT2D eigenvalue weighted by atomic mass is 19.4. The van der Waals surface area contributed by atoms with Crippen molar-refractivity contribution in [1.29, 1.82) is 0 Å². The van der Waals surface area contributed by atoms with Gasteiger partial charge in [-0.3, -0.25) is 4.79 Å². The topological polar surface area (TPSA) is 73.6 Å². The van der Waals surface area contributed by atoms with Gasteiger partial charge >= 0.3 is 6.18 Å². The fourth-order valence-corrected chi connectivity index (χ4v) is 1.82. The van der Waals surface area contributed by atoms with E-state index >= 15 is 0 Å². The maximum absolute atomic E-state index is 12.9. The number of anilines is 1. The van der Waals surface area contributed by atoms with Crippen molar-refractivity contribution in [2.24, 2.45) is 0 Å². The summed E-state index contributed by atoms with van der Waals surface area (Å²) in [5, 5.41) is 5.90. The molecule has 0 saturated heterocycles. The van der Waals surface area contributed by atoms with Crippen LogP contribution in [0.1, 0.15) is 21.8 Å². The van der Waals surface area contributed by atoms with Gasteiger partial charge < -0.3 is 19.3 Å². The van der Waals surface area contributed by atoms with E-state index in [2.05, 4.69) is 10.5 Å². The van der Waals surface area contributed by atoms with Gasteiger partial charge in [0.2, 0.25) is 5.76 Å². The molecule has 0 aliphatic rings. The third-order valence-electron chi connectivity index (χ3n) is 2.95. The zero-order valence-electron chi connectivity index (χ0n) is 12.9. The third kappa shape index (κ3) is 4.48. The molecule has 2 rings (SSSR count). The van der Waals surface area contributed by atoms with E-state index in [0.717, 1.165) is 18.2 Å². The smallest absolute Gasteiger partial charge is 0.416 e. The van der Waals surface area contributed by atoms with Crippen molar-refractivity contribution in [3.63, 3.8) is 0 Å². The van der Waals surface area contributed by atoms with Crippen LogP contribution in [-0.4, -0.2) is 31.4 Å². The van der Waals surface area contributed by atoms with Crippen LogP contribution in [-0.2, 0) is 10.9 Å². The molecule has 1 N–H and O–H groups in total. The molecule has 0 aliphatic heterocycles. The predicted octanol–water partition coefficient (Wildman–Crippen LogP) is 3.28. The van der Waals surface area contributed by atoms with Gasteiger partial charge in [0.05, 0.1) is 23.6 Å². The molecule has 0 atom stereocenters. The Balaban J connectivity index is 2.27. The Kier molecular flexibility index (Phi) is 5.45. The number of nitrogens with zero attached hydrogens (tertiary/aromatic N) is 1. The van der Waals surface area contributed by atoms with Gasteiger partial charge in [0, 0.05) is 13.2 Å². The molecular weight excluding hydrogens is 329 g/mol. The summed E-state index contributed by atoms with van der Waals surface area (Å²) < 4.78 is 53.5. The van der Waals surface area contributed by atoms with Crippen LogP contribution in [0.4, 0.5) is 18.9 Å². The van der Waals surface area contributed by atoms with E-state index in [4.69, 9.17) is 14.0 Å². The number of ether oxygens (including phenoxy) is 2. The van der Waals surface area contributed by atoms with Crippen LogP contribution in [0, 0.1) is 6.92 Å². The maximum atomic E-state index is 12.9. The lowest BCUT2D eigenvalue weighted by molar-refractivity contribution is -0.137. The minimum atomic E-state index is -4.55. The van der Waals surface area contributed by atoms with E-state index in [0.29, 0.717) is 5.69 Å². The van der Waals surface area contributed by atoms with E-state index in [-0.39, 0.29) is 30.4 Å². The normalized spacial score (nSPS) is 11.4. The first-order valence-electron chi connectivity index (χ1n) is 6.89. The standard InChI is InChI=1S/C15H15F3N2O4/c1-9-7-13(24-20-9)14(21)19-11-8-10(15(16,17)18)3-4-12(11)23-6-5-22-2/h3-4,7-8H,5-6H2,1-2H3,(H,19,21). The molecule has 9 heteroatoms. The Morgan fingerprint density at radius 3 is 2.62 bits per heavy atom. The molecule has 130 valence electrons. The zero-order valence-corrected chi connectivity index (χ0v) is 12.9. The summed E-state index contributed by atoms with van der Waals surface area (Å²) in [5.41, 5.74) is -0.564. The summed E-state index contributed by atoms with van der Waals surface area (Å²) in [4.78, 5) is 12.1. The minimum absolute atomic E-state index is 0.0876. The molecule has 0 saturated carbocycles. The van der Waals surface area contributed by atoms with Crippen LogP contribution in [0.5, 0.6) is 5.75 Å². The average Bonchev–Trinajstić information content (AvgIpc) is 2.94. The summed E-state index contributed by atoms with van der Waals surface area (Å²) in [6, 6.07) is 4.17. The van der Waals surface area contributed by atoms with Crippen molar-refractivity contribution in [2.45, 2.75) is 13.1 Å². The first-order valence-corrected chi connectivity index (χ1v) is 6.89. The summed E-state index contributed by atoms with van der Waals surface area (Å²) in [5.74, 6) is -0.760. The molecule has 0 bridgehead atoms. The molecule has 2 aromatic rings. The van der Waals surface area contributed by atoms with Gasteiger partial charge in [-0.1, -0.05) is 5.16 Å². The van der Waals surface area contributed by atoms with Crippen molar-refractivity contribution in [3.8, 4) is 5.75 Å². The molecule has 0 aliphatic carbocycles. The molecule has 6 nitrogen and oxygen atoms in total.